The summed E-state index contributed by atoms with van der Waals surface area (Å²) in [7, 11) is 0. The summed E-state index contributed by atoms with van der Waals surface area (Å²) in [6.07, 6.45) is 9.43. The van der Waals surface area contributed by atoms with Crippen LogP contribution in [0.15, 0.2) is 30.3 Å². The highest BCUT2D eigenvalue weighted by Gasteiger charge is 2.43. The van der Waals surface area contributed by atoms with E-state index < -0.39 is 6.09 Å². The molecule has 3 atom stereocenters. The molecule has 3 heterocycles. The lowest BCUT2D eigenvalue weighted by Gasteiger charge is -2.40. The molecule has 1 saturated heterocycles. The Morgan fingerprint density at radius 2 is 1.85 bits per heavy atom. The Balaban J connectivity index is 1.38. The molecule has 0 radical (unpaired) electrons. The van der Waals surface area contributed by atoms with Crippen LogP contribution in [-0.4, -0.2) is 57.3 Å². The van der Waals surface area contributed by atoms with Crippen LogP contribution in [0.5, 0.6) is 0 Å². The van der Waals surface area contributed by atoms with E-state index in [1.807, 2.05) is 0 Å². The summed E-state index contributed by atoms with van der Waals surface area (Å²) in [4.78, 5) is 25.9. The molecule has 10 nitrogen and oxygen atoms in total. The van der Waals surface area contributed by atoms with Crippen LogP contribution >= 0.6 is 0 Å². The van der Waals surface area contributed by atoms with Crippen molar-refractivity contribution in [1.29, 1.82) is 5.41 Å². The number of hydrogen-bond acceptors (Lipinski definition) is 8. The van der Waals surface area contributed by atoms with Crippen molar-refractivity contribution in [3.05, 3.63) is 41.7 Å². The fourth-order valence-electron chi connectivity index (χ4n) is 7.16. The number of nitrogens with one attached hydrogen (secondary N) is 4. The number of carbonyl (C=O) groups is 1. The van der Waals surface area contributed by atoms with Crippen molar-refractivity contribution in [3.63, 3.8) is 0 Å². The minimum absolute atomic E-state index is 0.0788. The Bertz CT molecular complexity index is 1240. The first kappa shape index (κ1) is 27.8. The number of amidine groups is 1. The molecule has 3 fully saturated rings. The van der Waals surface area contributed by atoms with Crippen LogP contribution in [0.3, 0.4) is 0 Å². The zero-order valence-electron chi connectivity index (χ0n) is 24.3. The molecule has 2 saturated carbocycles. The number of amides is 1. The maximum atomic E-state index is 11.4. The summed E-state index contributed by atoms with van der Waals surface area (Å²) in [5.41, 5.74) is 2.27. The summed E-state index contributed by atoms with van der Waals surface area (Å²) in [6, 6.07) is 11.3. The Kier molecular flexibility index (Phi) is 8.01. The van der Waals surface area contributed by atoms with Gasteiger partial charge in [0, 0.05) is 25.2 Å². The summed E-state index contributed by atoms with van der Waals surface area (Å²) in [5.74, 6) is 3.07. The molecule has 1 aromatic heterocycles. The van der Waals surface area contributed by atoms with Gasteiger partial charge in [-0.1, -0.05) is 56.5 Å². The number of nitrogens with zero attached hydrogens (tertiary/aromatic N) is 4. The van der Waals surface area contributed by atoms with E-state index in [-0.39, 0.29) is 24.0 Å². The van der Waals surface area contributed by atoms with E-state index in [0.29, 0.717) is 29.5 Å². The van der Waals surface area contributed by atoms with Crippen molar-refractivity contribution in [1.82, 2.24) is 20.2 Å². The minimum Gasteiger partial charge on any atom is -0.465 e. The zero-order valence-corrected chi connectivity index (χ0v) is 24.3. The molecule has 5 N–H and O–H groups in total. The molecule has 10 heteroatoms. The van der Waals surface area contributed by atoms with Crippen LogP contribution in [0.2, 0.25) is 0 Å². The molecule has 4 aliphatic rings. The number of anilines is 3. The molecule has 1 amide bonds. The first-order valence-corrected chi connectivity index (χ1v) is 15.5. The molecular formula is C31H44N8O2. The average molecular weight is 561 g/mol. The second kappa shape index (κ2) is 11.8. The molecule has 220 valence electrons. The molecule has 0 spiro atoms. The van der Waals surface area contributed by atoms with Crippen molar-refractivity contribution in [2.75, 3.05) is 28.6 Å². The predicted molar refractivity (Wildman–Crippen MR) is 161 cm³/mol. The Morgan fingerprint density at radius 3 is 2.54 bits per heavy atom. The third kappa shape index (κ3) is 5.84. The number of aromatic nitrogens is 2. The lowest BCUT2D eigenvalue weighted by Crippen LogP contribution is -2.51. The van der Waals surface area contributed by atoms with Crippen molar-refractivity contribution >= 4 is 29.3 Å². The van der Waals surface area contributed by atoms with E-state index in [4.69, 9.17) is 15.4 Å². The second-order valence-corrected chi connectivity index (χ2v) is 12.6. The van der Waals surface area contributed by atoms with Crippen molar-refractivity contribution in [2.24, 2.45) is 17.8 Å². The quantitative estimate of drug-likeness (QED) is 0.201. The summed E-state index contributed by atoms with van der Waals surface area (Å²) >= 11 is 0. The lowest BCUT2D eigenvalue weighted by molar-refractivity contribution is 0.187. The van der Waals surface area contributed by atoms with Gasteiger partial charge in [0.15, 0.2) is 29.6 Å². The molecule has 2 aromatic rings. The number of benzene rings is 1. The standard InChI is InChI=1S/C31H44N8O2/c1-19-13-15-21(16-14-19)18-39-25-27(33-20(2)22-10-6-11-22)35-29(26(32)34-31(40)41)36-28(25)37-30(39)38-17-7-12-24(38)23-8-4-3-5-9-23/h3-5,8-9,19-22,24,30H,6-7,10-18H2,1-2H3,(H2,32,34)(H,40,41)(H2,33,35,36,37)/t19-,20-,21-,24?,30?/m1/s1. The summed E-state index contributed by atoms with van der Waals surface area (Å²) in [6.45, 7) is 6.45. The molecule has 6 rings (SSSR count). The van der Waals surface area contributed by atoms with E-state index >= 15 is 0 Å². The average Bonchev–Trinajstić information content (AvgIpc) is 3.54. The minimum atomic E-state index is -1.29. The van der Waals surface area contributed by atoms with Crippen LogP contribution in [0.4, 0.5) is 22.1 Å². The van der Waals surface area contributed by atoms with Crippen molar-refractivity contribution < 1.29 is 9.90 Å². The maximum Gasteiger partial charge on any atom is 0.410 e. The molecule has 0 bridgehead atoms. The predicted octanol–water partition coefficient (Wildman–Crippen LogP) is 5.85. The van der Waals surface area contributed by atoms with E-state index in [1.165, 1.54) is 50.5 Å². The molecule has 41 heavy (non-hydrogen) atoms. The normalized spacial score (nSPS) is 27.0. The molecule has 2 aliphatic carbocycles. The Labute approximate surface area is 242 Å². The van der Waals surface area contributed by atoms with E-state index in [1.54, 1.807) is 0 Å². The van der Waals surface area contributed by atoms with E-state index in [9.17, 15) is 9.90 Å². The highest BCUT2D eigenvalue weighted by molar-refractivity contribution is 6.03. The van der Waals surface area contributed by atoms with Gasteiger partial charge in [-0.3, -0.25) is 15.6 Å². The number of rotatable bonds is 8. The van der Waals surface area contributed by atoms with Crippen LogP contribution in [0, 0.1) is 23.2 Å². The third-order valence-electron chi connectivity index (χ3n) is 9.79. The van der Waals surface area contributed by atoms with Crippen molar-refractivity contribution in [2.45, 2.75) is 90.0 Å². The van der Waals surface area contributed by atoms with Gasteiger partial charge in [-0.15, -0.1) is 0 Å². The fourth-order valence-corrected chi connectivity index (χ4v) is 7.16. The van der Waals surface area contributed by atoms with Gasteiger partial charge in [0.25, 0.3) is 0 Å². The Hall–Kier alpha value is -3.40. The largest absolute Gasteiger partial charge is 0.465 e. The number of likely N-dealkylation sites (tertiary alicyclic amines) is 1. The van der Waals surface area contributed by atoms with E-state index in [2.05, 4.69) is 69.9 Å². The van der Waals surface area contributed by atoms with Crippen LogP contribution in [-0.2, 0) is 0 Å². The first-order valence-electron chi connectivity index (χ1n) is 15.5. The van der Waals surface area contributed by atoms with Gasteiger partial charge < -0.3 is 20.6 Å². The number of fused-ring (bicyclic) bond motifs is 1. The van der Waals surface area contributed by atoms with Gasteiger partial charge in [0.2, 0.25) is 0 Å². The lowest BCUT2D eigenvalue weighted by atomic mass is 9.80. The highest BCUT2D eigenvalue weighted by atomic mass is 16.4. The summed E-state index contributed by atoms with van der Waals surface area (Å²) < 4.78 is 0. The molecule has 1 aromatic carbocycles. The number of carboxylic acid groups (broad SMARTS) is 1. The van der Waals surface area contributed by atoms with Crippen molar-refractivity contribution in [3.8, 4) is 0 Å². The fraction of sp³-hybridized carbons (Fsp3) is 0.613. The van der Waals surface area contributed by atoms with Crippen LogP contribution in [0.25, 0.3) is 0 Å². The molecule has 2 unspecified atom stereocenters. The second-order valence-electron chi connectivity index (χ2n) is 12.6. The van der Waals surface area contributed by atoms with E-state index in [0.717, 1.165) is 37.5 Å². The smallest absolute Gasteiger partial charge is 0.410 e. The zero-order chi connectivity index (χ0) is 28.5. The Morgan fingerprint density at radius 1 is 1.10 bits per heavy atom. The van der Waals surface area contributed by atoms with Gasteiger partial charge >= 0.3 is 6.09 Å². The van der Waals surface area contributed by atoms with Crippen LogP contribution in [0.1, 0.15) is 89.1 Å². The van der Waals surface area contributed by atoms with Gasteiger partial charge in [-0.05, 0) is 68.8 Å². The maximum absolute atomic E-state index is 11.4. The monoisotopic (exact) mass is 560 g/mol. The number of hydrogen-bond donors (Lipinski definition) is 5. The first-order chi connectivity index (χ1) is 19.9. The summed E-state index contributed by atoms with van der Waals surface area (Å²) in [5, 5.41) is 27.2. The SMILES string of the molecule is C[C@@H](Nc1nc(C(=N)NC(=O)O)nc2c1N(C[C@H]1CC[C@H](C)CC1)C(N1CCCC1c1ccccc1)N2)C1CCC1. The topological polar surface area (TPSA) is 130 Å². The van der Waals surface area contributed by atoms with Gasteiger partial charge in [-0.25, -0.2) is 14.8 Å². The highest BCUT2D eigenvalue weighted by Crippen LogP contribution is 2.46. The van der Waals surface area contributed by atoms with Gasteiger partial charge in [0.05, 0.1) is 0 Å². The molecular weight excluding hydrogens is 516 g/mol. The third-order valence-corrected chi connectivity index (χ3v) is 9.79. The van der Waals surface area contributed by atoms with Gasteiger partial charge in [-0.2, -0.15) is 0 Å². The van der Waals surface area contributed by atoms with Crippen LogP contribution < -0.4 is 20.9 Å². The van der Waals surface area contributed by atoms with Gasteiger partial charge in [0.1, 0.15) is 5.69 Å². The molecule has 2 aliphatic heterocycles.